The maximum atomic E-state index is 12.7. The van der Waals surface area contributed by atoms with Gasteiger partial charge < -0.3 is 4.90 Å². The van der Waals surface area contributed by atoms with Crippen LogP contribution in [0.3, 0.4) is 0 Å². The van der Waals surface area contributed by atoms with Crippen molar-refractivity contribution in [1.29, 1.82) is 5.26 Å². The van der Waals surface area contributed by atoms with Crippen molar-refractivity contribution in [3.8, 4) is 6.07 Å². The van der Waals surface area contributed by atoms with Gasteiger partial charge in [-0.2, -0.15) is 5.26 Å². The second-order valence-electron chi connectivity index (χ2n) is 5.60. The van der Waals surface area contributed by atoms with Crippen molar-refractivity contribution in [3.63, 3.8) is 0 Å². The number of nitrogens with zero attached hydrogens (tertiary/aromatic N) is 2. The minimum absolute atomic E-state index is 0.0109. The van der Waals surface area contributed by atoms with Gasteiger partial charge >= 0.3 is 0 Å². The Bertz CT molecular complexity index is 574. The van der Waals surface area contributed by atoms with E-state index in [0.717, 1.165) is 25.7 Å². The quantitative estimate of drug-likeness (QED) is 0.857. The fraction of sp³-hybridized carbons (Fsp3) is 0.471. The molecule has 1 atom stereocenters. The fourth-order valence-corrected chi connectivity index (χ4v) is 2.88. The van der Waals surface area contributed by atoms with Gasteiger partial charge in [-0.05, 0) is 38.0 Å². The summed E-state index contributed by atoms with van der Waals surface area (Å²) in [6, 6.07) is 8.82. The van der Waals surface area contributed by atoms with Gasteiger partial charge in [-0.25, -0.2) is 0 Å². The summed E-state index contributed by atoms with van der Waals surface area (Å²) in [6.07, 6.45) is 4.42. The van der Waals surface area contributed by atoms with Crippen molar-refractivity contribution in [2.24, 2.45) is 0 Å². The molecule has 0 N–H and O–H groups in total. The van der Waals surface area contributed by atoms with Crippen LogP contribution in [0, 0.1) is 11.3 Å². The Morgan fingerprint density at radius 2 is 2.14 bits per heavy atom. The summed E-state index contributed by atoms with van der Waals surface area (Å²) in [5.74, 6) is 0.0470. The number of hydrogen-bond donors (Lipinski definition) is 0. The highest BCUT2D eigenvalue weighted by Gasteiger charge is 2.27. The number of benzene rings is 1. The molecule has 0 bridgehead atoms. The Balaban J connectivity index is 2.24. The molecule has 1 aliphatic heterocycles. The third-order valence-electron chi connectivity index (χ3n) is 3.90. The number of carbonyl (C=O) groups excluding carboxylic acids is 2. The Hall–Kier alpha value is -2.15. The van der Waals surface area contributed by atoms with E-state index in [4.69, 9.17) is 5.26 Å². The van der Waals surface area contributed by atoms with Gasteiger partial charge in [0.1, 0.15) is 5.78 Å². The van der Waals surface area contributed by atoms with Crippen LogP contribution in [-0.2, 0) is 4.79 Å². The number of nitriles is 1. The van der Waals surface area contributed by atoms with Crippen LogP contribution in [0.2, 0.25) is 0 Å². The van der Waals surface area contributed by atoms with Crippen LogP contribution in [0.15, 0.2) is 24.3 Å². The van der Waals surface area contributed by atoms with E-state index in [1.807, 2.05) is 4.90 Å². The zero-order valence-electron chi connectivity index (χ0n) is 12.3. The normalized spacial score (nSPS) is 18.7. The van der Waals surface area contributed by atoms with E-state index in [0.29, 0.717) is 24.1 Å². The van der Waals surface area contributed by atoms with E-state index in [9.17, 15) is 9.59 Å². The van der Waals surface area contributed by atoms with Gasteiger partial charge in [0.25, 0.3) is 5.91 Å². The predicted octanol–water partition coefficient (Wildman–Crippen LogP) is 2.92. The molecule has 0 saturated carbocycles. The molecule has 0 aliphatic carbocycles. The Morgan fingerprint density at radius 1 is 1.33 bits per heavy atom. The van der Waals surface area contributed by atoms with Gasteiger partial charge in [-0.3, -0.25) is 9.59 Å². The molecular formula is C17H20N2O2. The summed E-state index contributed by atoms with van der Waals surface area (Å²) < 4.78 is 0. The third kappa shape index (κ3) is 3.91. The molecule has 4 nitrogen and oxygen atoms in total. The Labute approximate surface area is 125 Å². The number of likely N-dealkylation sites (tertiary alicyclic amines) is 1. The third-order valence-corrected chi connectivity index (χ3v) is 3.90. The van der Waals surface area contributed by atoms with E-state index < -0.39 is 0 Å². The first-order valence-electron chi connectivity index (χ1n) is 7.42. The van der Waals surface area contributed by atoms with Crippen molar-refractivity contribution < 1.29 is 9.59 Å². The largest absolute Gasteiger partial charge is 0.335 e. The molecule has 0 spiro atoms. The second-order valence-corrected chi connectivity index (χ2v) is 5.60. The topological polar surface area (TPSA) is 61.2 Å². The van der Waals surface area contributed by atoms with Crippen molar-refractivity contribution in [1.82, 2.24) is 4.90 Å². The molecule has 1 heterocycles. The lowest BCUT2D eigenvalue weighted by Crippen LogP contribution is -2.41. The molecule has 1 aromatic rings. The summed E-state index contributed by atoms with van der Waals surface area (Å²) in [7, 11) is 0. The minimum Gasteiger partial charge on any atom is -0.335 e. The Kier molecular flexibility index (Phi) is 5.10. The lowest BCUT2D eigenvalue weighted by Gasteiger charge is -2.29. The van der Waals surface area contributed by atoms with Gasteiger partial charge in [0.15, 0.2) is 0 Å². The highest BCUT2D eigenvalue weighted by atomic mass is 16.2. The molecule has 0 aromatic heterocycles. The average Bonchev–Trinajstić information content (AvgIpc) is 2.71. The molecule has 2 rings (SSSR count). The van der Waals surface area contributed by atoms with E-state index >= 15 is 0 Å². The van der Waals surface area contributed by atoms with Crippen LogP contribution in [0.5, 0.6) is 0 Å². The van der Waals surface area contributed by atoms with Crippen LogP contribution in [0.4, 0.5) is 0 Å². The van der Waals surface area contributed by atoms with E-state index in [2.05, 4.69) is 6.07 Å². The Morgan fingerprint density at radius 3 is 2.86 bits per heavy atom. The lowest BCUT2D eigenvalue weighted by atomic mass is 10.0. The molecule has 1 fully saturated rings. The maximum absolute atomic E-state index is 12.7. The minimum atomic E-state index is -0.0692. The molecular weight excluding hydrogens is 264 g/mol. The lowest BCUT2D eigenvalue weighted by molar-refractivity contribution is -0.118. The number of hydrogen-bond acceptors (Lipinski definition) is 3. The molecule has 1 unspecified atom stereocenters. The molecule has 21 heavy (non-hydrogen) atoms. The maximum Gasteiger partial charge on any atom is 0.254 e. The number of rotatable bonds is 3. The van der Waals surface area contributed by atoms with E-state index in [-0.39, 0.29) is 17.7 Å². The van der Waals surface area contributed by atoms with Crippen LogP contribution in [0.25, 0.3) is 0 Å². The molecule has 110 valence electrons. The molecule has 1 aromatic carbocycles. The molecule has 0 radical (unpaired) electrons. The summed E-state index contributed by atoms with van der Waals surface area (Å²) in [6.45, 7) is 2.26. The average molecular weight is 284 g/mol. The first kappa shape index (κ1) is 15.2. The fourth-order valence-electron chi connectivity index (χ4n) is 2.88. The highest BCUT2D eigenvalue weighted by Crippen LogP contribution is 2.22. The highest BCUT2D eigenvalue weighted by molar-refractivity contribution is 5.95. The molecule has 1 aliphatic rings. The second kappa shape index (κ2) is 7.03. The standard InChI is InChI=1S/C17H20N2O2/c1-13(20)10-16-8-3-2-4-9-19(16)17(21)15-7-5-6-14(11-15)12-18/h5-7,11,16H,2-4,8-10H2,1H3. The first-order valence-corrected chi connectivity index (χ1v) is 7.42. The predicted molar refractivity (Wildman–Crippen MR) is 79.7 cm³/mol. The van der Waals surface area contributed by atoms with Gasteiger partial charge in [-0.1, -0.05) is 18.9 Å². The molecule has 1 saturated heterocycles. The molecule has 4 heteroatoms. The van der Waals surface area contributed by atoms with Gasteiger partial charge in [0.05, 0.1) is 11.6 Å². The first-order chi connectivity index (χ1) is 10.1. The van der Waals surface area contributed by atoms with Crippen molar-refractivity contribution in [3.05, 3.63) is 35.4 Å². The van der Waals surface area contributed by atoms with Gasteiger partial charge in [0.2, 0.25) is 0 Å². The van der Waals surface area contributed by atoms with Crippen LogP contribution in [0.1, 0.15) is 54.9 Å². The van der Waals surface area contributed by atoms with Crippen molar-refractivity contribution >= 4 is 11.7 Å². The SMILES string of the molecule is CC(=O)CC1CCCCCN1C(=O)c1cccc(C#N)c1. The van der Waals surface area contributed by atoms with E-state index in [1.54, 1.807) is 31.2 Å². The molecule has 1 amide bonds. The summed E-state index contributed by atoms with van der Waals surface area (Å²) in [4.78, 5) is 26.0. The number of Topliss-reactive ketones (excluding diaryl/α,β-unsaturated/α-hetero) is 1. The van der Waals surface area contributed by atoms with Gasteiger partial charge in [-0.15, -0.1) is 0 Å². The summed E-state index contributed by atoms with van der Waals surface area (Å²) in [5.41, 5.74) is 1.02. The smallest absolute Gasteiger partial charge is 0.254 e. The monoisotopic (exact) mass is 284 g/mol. The zero-order valence-corrected chi connectivity index (χ0v) is 12.3. The van der Waals surface area contributed by atoms with Crippen LogP contribution < -0.4 is 0 Å². The number of ketones is 1. The van der Waals surface area contributed by atoms with Crippen LogP contribution in [-0.4, -0.2) is 29.2 Å². The summed E-state index contributed by atoms with van der Waals surface area (Å²) in [5, 5.41) is 8.95. The van der Waals surface area contributed by atoms with Crippen LogP contribution >= 0.6 is 0 Å². The van der Waals surface area contributed by atoms with Crippen molar-refractivity contribution in [2.75, 3.05) is 6.54 Å². The van der Waals surface area contributed by atoms with Crippen molar-refractivity contribution in [2.45, 2.75) is 45.1 Å². The number of carbonyl (C=O) groups is 2. The zero-order chi connectivity index (χ0) is 15.2. The van der Waals surface area contributed by atoms with Gasteiger partial charge in [0, 0.05) is 24.6 Å². The van der Waals surface area contributed by atoms with E-state index in [1.165, 1.54) is 0 Å². The number of amides is 1. The summed E-state index contributed by atoms with van der Waals surface area (Å²) >= 11 is 0.